The summed E-state index contributed by atoms with van der Waals surface area (Å²) in [5.74, 6) is -8.43. The Morgan fingerprint density at radius 1 is 0.806 bits per heavy atom. The Labute approximate surface area is 176 Å². The van der Waals surface area contributed by atoms with Crippen LogP contribution in [0.15, 0.2) is 24.3 Å². The van der Waals surface area contributed by atoms with Gasteiger partial charge in [0.15, 0.2) is 17.5 Å². The lowest BCUT2D eigenvalue weighted by atomic mass is 9.78. The average molecular weight is 448 g/mol. The van der Waals surface area contributed by atoms with Crippen LogP contribution in [0.1, 0.15) is 56.6 Å². The summed E-state index contributed by atoms with van der Waals surface area (Å²) in [4.78, 5) is 0. The zero-order valence-electron chi connectivity index (χ0n) is 17.0. The lowest BCUT2D eigenvalue weighted by Gasteiger charge is -2.27. The van der Waals surface area contributed by atoms with Gasteiger partial charge in [0.2, 0.25) is 0 Å². The molecule has 0 amide bonds. The molecule has 2 aromatic carbocycles. The van der Waals surface area contributed by atoms with Crippen molar-refractivity contribution in [2.45, 2.75) is 58.0 Å². The second-order valence-electron chi connectivity index (χ2n) is 8.09. The van der Waals surface area contributed by atoms with Crippen LogP contribution in [0.25, 0.3) is 0 Å². The van der Waals surface area contributed by atoms with Crippen molar-refractivity contribution in [1.29, 1.82) is 0 Å². The lowest BCUT2D eigenvalue weighted by molar-refractivity contribution is -0.189. The number of aryl methyl sites for hydroxylation is 1. The highest BCUT2D eigenvalue weighted by atomic mass is 19.3. The van der Waals surface area contributed by atoms with Crippen molar-refractivity contribution >= 4 is 0 Å². The van der Waals surface area contributed by atoms with Gasteiger partial charge < -0.3 is 4.74 Å². The fourth-order valence-corrected chi connectivity index (χ4v) is 4.14. The van der Waals surface area contributed by atoms with Gasteiger partial charge in [-0.2, -0.15) is 8.78 Å². The van der Waals surface area contributed by atoms with E-state index in [0.717, 1.165) is 50.2 Å². The quantitative estimate of drug-likeness (QED) is 0.312. The van der Waals surface area contributed by atoms with E-state index in [1.165, 1.54) is 0 Å². The molecule has 3 rings (SSSR count). The fraction of sp³-hybridized carbons (Fsp3) is 0.478. The first-order valence-corrected chi connectivity index (χ1v) is 10.3. The molecular weight excluding hydrogens is 425 g/mol. The minimum Gasteiger partial charge on any atom is -0.429 e. The van der Waals surface area contributed by atoms with Crippen molar-refractivity contribution in [2.24, 2.45) is 11.8 Å². The van der Waals surface area contributed by atoms with Crippen LogP contribution in [0.2, 0.25) is 0 Å². The summed E-state index contributed by atoms with van der Waals surface area (Å²) in [6.45, 7) is 2.15. The maximum atomic E-state index is 14.4. The standard InChI is InChI=1S/C23H23F7O/c1-2-13-3-5-14(6-4-13)7-8-15-9-17(24)21(18(25)10-15)23(29,30)31-16-11-19(26)22(28)20(27)12-16/h9-14H,2-8H2,1H3. The summed E-state index contributed by atoms with van der Waals surface area (Å²) in [7, 11) is 0. The average Bonchev–Trinajstić information content (AvgIpc) is 2.69. The number of benzene rings is 2. The van der Waals surface area contributed by atoms with Crippen molar-refractivity contribution in [2.75, 3.05) is 0 Å². The van der Waals surface area contributed by atoms with E-state index in [4.69, 9.17) is 0 Å². The zero-order valence-corrected chi connectivity index (χ0v) is 17.0. The number of hydrogen-bond donors (Lipinski definition) is 0. The van der Waals surface area contributed by atoms with Crippen molar-refractivity contribution in [1.82, 2.24) is 0 Å². The third-order valence-corrected chi connectivity index (χ3v) is 5.98. The van der Waals surface area contributed by atoms with Crippen LogP contribution >= 0.6 is 0 Å². The van der Waals surface area contributed by atoms with Gasteiger partial charge in [0, 0.05) is 12.1 Å². The maximum Gasteiger partial charge on any atom is 0.432 e. The van der Waals surface area contributed by atoms with Crippen LogP contribution in [-0.4, -0.2) is 0 Å². The molecule has 0 heterocycles. The fourth-order valence-electron chi connectivity index (χ4n) is 4.14. The molecule has 0 unspecified atom stereocenters. The molecule has 0 saturated heterocycles. The third kappa shape index (κ3) is 5.52. The number of alkyl halides is 2. The highest BCUT2D eigenvalue weighted by Gasteiger charge is 2.41. The molecule has 0 atom stereocenters. The molecular formula is C23H23F7O. The number of hydrogen-bond acceptors (Lipinski definition) is 1. The number of rotatable bonds is 7. The van der Waals surface area contributed by atoms with Gasteiger partial charge >= 0.3 is 6.11 Å². The highest BCUT2D eigenvalue weighted by Crippen LogP contribution is 2.37. The van der Waals surface area contributed by atoms with Crippen molar-refractivity contribution in [3.05, 3.63) is 64.5 Å². The number of halogens is 7. The van der Waals surface area contributed by atoms with E-state index < -0.39 is 46.5 Å². The second kappa shape index (κ2) is 9.49. The Balaban J connectivity index is 1.72. The Bertz CT molecular complexity index is 874. The predicted octanol–water partition coefficient (Wildman–Crippen LogP) is 7.66. The molecule has 170 valence electrons. The molecule has 0 aliphatic heterocycles. The van der Waals surface area contributed by atoms with Gasteiger partial charge in [-0.1, -0.05) is 39.0 Å². The normalized spacial score (nSPS) is 19.5. The van der Waals surface area contributed by atoms with Crippen LogP contribution in [0.4, 0.5) is 30.7 Å². The van der Waals surface area contributed by atoms with E-state index in [2.05, 4.69) is 11.7 Å². The summed E-state index contributed by atoms with van der Waals surface area (Å²) in [6, 6.07) is 1.98. The largest absolute Gasteiger partial charge is 0.432 e. The predicted molar refractivity (Wildman–Crippen MR) is 101 cm³/mol. The molecule has 1 saturated carbocycles. The third-order valence-electron chi connectivity index (χ3n) is 5.98. The molecule has 1 aliphatic carbocycles. The first kappa shape index (κ1) is 23.4. The smallest absolute Gasteiger partial charge is 0.429 e. The van der Waals surface area contributed by atoms with Gasteiger partial charge in [-0.05, 0) is 42.4 Å². The minimum absolute atomic E-state index is 0.170. The Morgan fingerprint density at radius 3 is 1.84 bits per heavy atom. The van der Waals surface area contributed by atoms with Crippen LogP contribution in [-0.2, 0) is 12.5 Å². The molecule has 2 aromatic rings. The van der Waals surface area contributed by atoms with Crippen LogP contribution in [0.3, 0.4) is 0 Å². The van der Waals surface area contributed by atoms with E-state index in [1.54, 1.807) is 0 Å². The van der Waals surface area contributed by atoms with E-state index in [9.17, 15) is 30.7 Å². The molecule has 31 heavy (non-hydrogen) atoms. The molecule has 0 N–H and O–H groups in total. The maximum absolute atomic E-state index is 14.4. The van der Waals surface area contributed by atoms with Crippen LogP contribution < -0.4 is 4.74 Å². The molecule has 0 radical (unpaired) electrons. The molecule has 1 nitrogen and oxygen atoms in total. The monoisotopic (exact) mass is 448 g/mol. The molecule has 1 fully saturated rings. The topological polar surface area (TPSA) is 9.23 Å². The van der Waals surface area contributed by atoms with Gasteiger partial charge in [0.1, 0.15) is 22.9 Å². The highest BCUT2D eigenvalue weighted by molar-refractivity contribution is 5.31. The van der Waals surface area contributed by atoms with E-state index >= 15 is 0 Å². The molecule has 0 bridgehead atoms. The van der Waals surface area contributed by atoms with Crippen LogP contribution in [0, 0.1) is 40.9 Å². The van der Waals surface area contributed by atoms with Gasteiger partial charge in [-0.3, -0.25) is 0 Å². The first-order valence-electron chi connectivity index (χ1n) is 10.3. The SMILES string of the molecule is CCC1CCC(CCc2cc(F)c(C(F)(F)Oc3cc(F)c(F)c(F)c3)c(F)c2)CC1. The van der Waals surface area contributed by atoms with E-state index in [1.807, 2.05) is 0 Å². The molecule has 0 aromatic heterocycles. The molecule has 0 spiro atoms. The summed E-state index contributed by atoms with van der Waals surface area (Å²) in [5, 5.41) is 0. The van der Waals surface area contributed by atoms with E-state index in [0.29, 0.717) is 18.8 Å². The Kier molecular flexibility index (Phi) is 7.17. The van der Waals surface area contributed by atoms with Gasteiger partial charge in [-0.15, -0.1) is 0 Å². The van der Waals surface area contributed by atoms with Gasteiger partial charge in [-0.25, -0.2) is 22.0 Å². The minimum atomic E-state index is -4.57. The first-order chi connectivity index (χ1) is 14.6. The number of ether oxygens (including phenoxy) is 1. The lowest BCUT2D eigenvalue weighted by Crippen LogP contribution is -2.25. The van der Waals surface area contributed by atoms with Crippen LogP contribution in [0.5, 0.6) is 5.75 Å². The zero-order chi connectivity index (χ0) is 22.8. The van der Waals surface area contributed by atoms with Crippen molar-refractivity contribution in [3.63, 3.8) is 0 Å². The summed E-state index contributed by atoms with van der Waals surface area (Å²) in [5.41, 5.74) is -1.43. The summed E-state index contributed by atoms with van der Waals surface area (Å²) in [6.07, 6.45) is 1.94. The van der Waals surface area contributed by atoms with Gasteiger partial charge in [0.05, 0.1) is 0 Å². The molecule has 8 heteroatoms. The van der Waals surface area contributed by atoms with Crippen molar-refractivity contribution < 1.29 is 35.5 Å². The second-order valence-corrected chi connectivity index (χ2v) is 8.09. The summed E-state index contributed by atoms with van der Waals surface area (Å²) >= 11 is 0. The Hall–Kier alpha value is -2.25. The van der Waals surface area contributed by atoms with Crippen molar-refractivity contribution in [3.8, 4) is 5.75 Å². The Morgan fingerprint density at radius 2 is 1.32 bits per heavy atom. The summed E-state index contributed by atoms with van der Waals surface area (Å²) < 4.78 is 101. The van der Waals surface area contributed by atoms with E-state index in [-0.39, 0.29) is 17.7 Å². The molecule has 1 aliphatic rings. The van der Waals surface area contributed by atoms with Gasteiger partial charge in [0.25, 0.3) is 0 Å².